The molecule has 0 bridgehead atoms. The Kier molecular flexibility index (Phi) is 4.69. The van der Waals surface area contributed by atoms with Gasteiger partial charge in [-0.15, -0.1) is 0 Å². The van der Waals surface area contributed by atoms with Crippen molar-refractivity contribution >= 4 is 46.4 Å². The van der Waals surface area contributed by atoms with Crippen LogP contribution in [-0.2, 0) is 9.53 Å². The molecule has 0 spiro atoms. The molecule has 2 aromatic heterocycles. The summed E-state index contributed by atoms with van der Waals surface area (Å²) in [5.74, 6) is -1.22. The standard InChI is InChI=1S/C16H11Cl2N3O3/c17-10-4-5-11(18)12(7-10)20-15(22)9-24-16(23)13-8-21-6-2-1-3-14(21)19-13/h1-8H,9H2,(H,20,22). The number of hydrogen-bond donors (Lipinski definition) is 1. The zero-order valence-corrected chi connectivity index (χ0v) is 13.7. The van der Waals surface area contributed by atoms with Crippen molar-refractivity contribution in [2.75, 3.05) is 11.9 Å². The second-order valence-corrected chi connectivity index (χ2v) is 5.68. The number of hydrogen-bond acceptors (Lipinski definition) is 4. The molecule has 3 rings (SSSR count). The summed E-state index contributed by atoms with van der Waals surface area (Å²) in [7, 11) is 0. The molecule has 122 valence electrons. The van der Waals surface area contributed by atoms with Crippen LogP contribution in [0.2, 0.25) is 10.0 Å². The molecule has 0 fully saturated rings. The molecule has 0 aliphatic carbocycles. The highest BCUT2D eigenvalue weighted by atomic mass is 35.5. The highest BCUT2D eigenvalue weighted by Gasteiger charge is 2.14. The lowest BCUT2D eigenvalue weighted by Gasteiger charge is -2.07. The number of fused-ring (bicyclic) bond motifs is 1. The van der Waals surface area contributed by atoms with Gasteiger partial charge in [0.05, 0.1) is 10.7 Å². The number of esters is 1. The molecule has 1 N–H and O–H groups in total. The number of nitrogens with one attached hydrogen (secondary N) is 1. The number of ether oxygens (including phenoxy) is 1. The van der Waals surface area contributed by atoms with Crippen LogP contribution in [0.25, 0.3) is 5.65 Å². The molecular formula is C16H11Cl2N3O3. The Bertz CT molecular complexity index is 891. The lowest BCUT2D eigenvalue weighted by Crippen LogP contribution is -2.21. The number of nitrogens with zero attached hydrogens (tertiary/aromatic N) is 2. The third-order valence-electron chi connectivity index (χ3n) is 3.11. The fraction of sp³-hybridized carbons (Fsp3) is 0.0625. The number of amides is 1. The van der Waals surface area contributed by atoms with Crippen molar-refractivity contribution in [3.8, 4) is 0 Å². The predicted molar refractivity (Wildman–Crippen MR) is 90.6 cm³/mol. The van der Waals surface area contributed by atoms with Crippen LogP contribution in [-0.4, -0.2) is 27.9 Å². The van der Waals surface area contributed by atoms with Crippen LogP contribution in [0, 0.1) is 0 Å². The Morgan fingerprint density at radius 1 is 1.21 bits per heavy atom. The van der Waals surface area contributed by atoms with E-state index >= 15 is 0 Å². The Balaban J connectivity index is 1.61. The SMILES string of the molecule is O=C(COC(=O)c1cn2ccccc2n1)Nc1cc(Cl)ccc1Cl. The number of benzene rings is 1. The maximum absolute atomic E-state index is 12.0. The van der Waals surface area contributed by atoms with Gasteiger partial charge in [0.2, 0.25) is 0 Å². The van der Waals surface area contributed by atoms with Crippen molar-refractivity contribution in [3.63, 3.8) is 0 Å². The number of carbonyl (C=O) groups is 2. The molecule has 8 heteroatoms. The van der Waals surface area contributed by atoms with Crippen molar-refractivity contribution in [1.82, 2.24) is 9.38 Å². The van der Waals surface area contributed by atoms with Gasteiger partial charge in [0, 0.05) is 17.4 Å². The van der Waals surface area contributed by atoms with Gasteiger partial charge in [-0.05, 0) is 30.3 Å². The number of rotatable bonds is 4. The third kappa shape index (κ3) is 3.67. The fourth-order valence-corrected chi connectivity index (χ4v) is 2.35. The Morgan fingerprint density at radius 3 is 2.83 bits per heavy atom. The number of pyridine rings is 1. The minimum atomic E-state index is -0.689. The van der Waals surface area contributed by atoms with E-state index in [2.05, 4.69) is 10.3 Å². The lowest BCUT2D eigenvalue weighted by atomic mass is 10.3. The first-order chi connectivity index (χ1) is 11.5. The van der Waals surface area contributed by atoms with Crippen LogP contribution in [0.4, 0.5) is 5.69 Å². The van der Waals surface area contributed by atoms with E-state index in [4.69, 9.17) is 27.9 Å². The molecule has 2 heterocycles. The zero-order valence-electron chi connectivity index (χ0n) is 12.2. The molecule has 6 nitrogen and oxygen atoms in total. The monoisotopic (exact) mass is 363 g/mol. The van der Waals surface area contributed by atoms with Gasteiger partial charge >= 0.3 is 5.97 Å². The summed E-state index contributed by atoms with van der Waals surface area (Å²) >= 11 is 11.8. The highest BCUT2D eigenvalue weighted by Crippen LogP contribution is 2.25. The van der Waals surface area contributed by atoms with Gasteiger partial charge in [-0.1, -0.05) is 29.3 Å². The van der Waals surface area contributed by atoms with Crippen molar-refractivity contribution in [2.45, 2.75) is 0 Å². The van der Waals surface area contributed by atoms with E-state index in [9.17, 15) is 9.59 Å². The topological polar surface area (TPSA) is 72.7 Å². The van der Waals surface area contributed by atoms with Crippen molar-refractivity contribution in [1.29, 1.82) is 0 Å². The Labute approximate surface area is 147 Å². The summed E-state index contributed by atoms with van der Waals surface area (Å²) < 4.78 is 6.64. The van der Waals surface area contributed by atoms with Gasteiger partial charge < -0.3 is 14.5 Å². The summed E-state index contributed by atoms with van der Waals surface area (Å²) in [6.45, 7) is -0.463. The summed E-state index contributed by atoms with van der Waals surface area (Å²) in [6, 6.07) is 10.0. The molecule has 0 atom stereocenters. The number of aromatic nitrogens is 2. The van der Waals surface area contributed by atoms with Crippen LogP contribution in [0.5, 0.6) is 0 Å². The van der Waals surface area contributed by atoms with E-state index < -0.39 is 18.5 Å². The van der Waals surface area contributed by atoms with Gasteiger partial charge in [0.15, 0.2) is 12.3 Å². The second kappa shape index (κ2) is 6.90. The van der Waals surface area contributed by atoms with E-state index in [1.54, 1.807) is 34.9 Å². The highest BCUT2D eigenvalue weighted by molar-refractivity contribution is 6.35. The van der Waals surface area contributed by atoms with Crippen LogP contribution < -0.4 is 5.32 Å². The number of carbonyl (C=O) groups excluding carboxylic acids is 2. The summed E-state index contributed by atoms with van der Waals surface area (Å²) in [6.07, 6.45) is 3.29. The third-order valence-corrected chi connectivity index (χ3v) is 3.67. The van der Waals surface area contributed by atoms with Gasteiger partial charge in [0.1, 0.15) is 5.65 Å². The van der Waals surface area contributed by atoms with Gasteiger partial charge in [-0.2, -0.15) is 0 Å². The average molecular weight is 364 g/mol. The summed E-state index contributed by atoms with van der Waals surface area (Å²) in [5.41, 5.74) is 1.08. The lowest BCUT2D eigenvalue weighted by molar-refractivity contribution is -0.119. The number of anilines is 1. The molecular weight excluding hydrogens is 353 g/mol. The molecule has 0 radical (unpaired) electrons. The molecule has 24 heavy (non-hydrogen) atoms. The van der Waals surface area contributed by atoms with E-state index in [1.807, 2.05) is 6.07 Å². The maximum Gasteiger partial charge on any atom is 0.359 e. The molecule has 3 aromatic rings. The number of halogens is 2. The Hall–Kier alpha value is -2.57. The van der Waals surface area contributed by atoms with Crippen LogP contribution >= 0.6 is 23.2 Å². The van der Waals surface area contributed by atoms with Gasteiger partial charge in [-0.3, -0.25) is 4.79 Å². The molecule has 0 aliphatic heterocycles. The van der Waals surface area contributed by atoms with Crippen molar-refractivity contribution in [3.05, 3.63) is 64.5 Å². The van der Waals surface area contributed by atoms with E-state index in [-0.39, 0.29) is 5.69 Å². The predicted octanol–water partition coefficient (Wildman–Crippen LogP) is 3.44. The maximum atomic E-state index is 12.0. The largest absolute Gasteiger partial charge is 0.451 e. The van der Waals surface area contributed by atoms with E-state index in [0.29, 0.717) is 21.4 Å². The smallest absolute Gasteiger partial charge is 0.359 e. The van der Waals surface area contributed by atoms with Crippen LogP contribution in [0.1, 0.15) is 10.5 Å². The fourth-order valence-electron chi connectivity index (χ4n) is 2.02. The molecule has 0 saturated heterocycles. The number of imidazole rings is 1. The second-order valence-electron chi connectivity index (χ2n) is 4.84. The van der Waals surface area contributed by atoms with Gasteiger partial charge in [0.25, 0.3) is 5.91 Å². The van der Waals surface area contributed by atoms with Gasteiger partial charge in [-0.25, -0.2) is 9.78 Å². The summed E-state index contributed by atoms with van der Waals surface area (Å²) in [4.78, 5) is 28.0. The molecule has 1 aromatic carbocycles. The summed E-state index contributed by atoms with van der Waals surface area (Å²) in [5, 5.41) is 3.29. The average Bonchev–Trinajstić information content (AvgIpc) is 3.00. The first kappa shape index (κ1) is 16.3. The van der Waals surface area contributed by atoms with E-state index in [0.717, 1.165) is 0 Å². The van der Waals surface area contributed by atoms with Crippen molar-refractivity contribution < 1.29 is 14.3 Å². The molecule has 0 aliphatic rings. The zero-order chi connectivity index (χ0) is 17.1. The first-order valence-corrected chi connectivity index (χ1v) is 7.64. The minimum absolute atomic E-state index is 0.120. The quantitative estimate of drug-likeness (QED) is 0.720. The van der Waals surface area contributed by atoms with E-state index in [1.165, 1.54) is 12.3 Å². The van der Waals surface area contributed by atoms with Crippen LogP contribution in [0.15, 0.2) is 48.8 Å². The van der Waals surface area contributed by atoms with Crippen LogP contribution in [0.3, 0.4) is 0 Å². The molecule has 1 amide bonds. The van der Waals surface area contributed by atoms with Crippen molar-refractivity contribution in [2.24, 2.45) is 0 Å². The Morgan fingerprint density at radius 2 is 2.04 bits per heavy atom. The normalized spacial score (nSPS) is 10.6. The first-order valence-electron chi connectivity index (χ1n) is 6.89. The minimum Gasteiger partial charge on any atom is -0.451 e. The molecule has 0 saturated carbocycles. The molecule has 0 unspecified atom stereocenters.